The van der Waals surface area contributed by atoms with Gasteiger partial charge >= 0.3 is 0 Å². The molecule has 22 heavy (non-hydrogen) atoms. The van der Waals surface area contributed by atoms with Crippen LogP contribution in [-0.4, -0.2) is 42.2 Å². The number of anilines is 1. The molecule has 0 radical (unpaired) electrons. The first-order chi connectivity index (χ1) is 10.6. The second kappa shape index (κ2) is 6.89. The minimum Gasteiger partial charge on any atom is -0.490 e. The summed E-state index contributed by atoms with van der Waals surface area (Å²) in [6.07, 6.45) is 1.50. The Morgan fingerprint density at radius 3 is 2.91 bits per heavy atom. The van der Waals surface area contributed by atoms with Gasteiger partial charge in [0.25, 0.3) is 0 Å². The lowest BCUT2D eigenvalue weighted by Gasteiger charge is -2.21. The number of carbonyl (C=O) groups is 3. The molecule has 0 atom stereocenters. The molecule has 6 heteroatoms. The molecule has 2 amide bonds. The molecule has 1 aliphatic heterocycles. The summed E-state index contributed by atoms with van der Waals surface area (Å²) >= 11 is 0. The van der Waals surface area contributed by atoms with Crippen LogP contribution in [0.2, 0.25) is 0 Å². The van der Waals surface area contributed by atoms with Crippen molar-refractivity contribution < 1.29 is 19.1 Å². The van der Waals surface area contributed by atoms with Gasteiger partial charge in [-0.2, -0.15) is 0 Å². The van der Waals surface area contributed by atoms with Crippen LogP contribution in [0, 0.1) is 0 Å². The summed E-state index contributed by atoms with van der Waals surface area (Å²) in [6, 6.07) is 5.03. The lowest BCUT2D eigenvalue weighted by Crippen LogP contribution is -2.37. The van der Waals surface area contributed by atoms with Crippen molar-refractivity contribution in [2.24, 2.45) is 0 Å². The number of hydrogen-bond donors (Lipinski definition) is 1. The molecule has 0 bridgehead atoms. The van der Waals surface area contributed by atoms with Crippen LogP contribution >= 0.6 is 0 Å². The normalized spacial score (nSPS) is 12.9. The van der Waals surface area contributed by atoms with Gasteiger partial charge in [-0.1, -0.05) is 12.6 Å². The number of para-hydroxylation sites is 1. The van der Waals surface area contributed by atoms with Gasteiger partial charge in [-0.15, -0.1) is 0 Å². The van der Waals surface area contributed by atoms with Crippen LogP contribution in [0.5, 0.6) is 5.75 Å². The quantitative estimate of drug-likeness (QED) is 0.839. The first-order valence-electron chi connectivity index (χ1n) is 7.07. The molecule has 116 valence electrons. The van der Waals surface area contributed by atoms with Crippen molar-refractivity contribution in [3.8, 4) is 5.75 Å². The Morgan fingerprint density at radius 2 is 2.23 bits per heavy atom. The molecule has 2 rings (SSSR count). The molecule has 0 saturated heterocycles. The third-order valence-electron chi connectivity index (χ3n) is 3.37. The molecule has 0 aromatic heterocycles. The van der Waals surface area contributed by atoms with E-state index in [0.717, 1.165) is 0 Å². The van der Waals surface area contributed by atoms with Crippen molar-refractivity contribution in [2.75, 3.05) is 25.0 Å². The maximum absolute atomic E-state index is 12.1. The average Bonchev–Trinajstić information content (AvgIpc) is 2.53. The van der Waals surface area contributed by atoms with Crippen molar-refractivity contribution in [1.82, 2.24) is 4.90 Å². The van der Waals surface area contributed by atoms with Crippen LogP contribution in [0.25, 0.3) is 0 Å². The van der Waals surface area contributed by atoms with E-state index in [9.17, 15) is 14.4 Å². The zero-order valence-electron chi connectivity index (χ0n) is 12.4. The second-order valence-corrected chi connectivity index (χ2v) is 4.81. The topological polar surface area (TPSA) is 75.7 Å². The van der Waals surface area contributed by atoms with E-state index in [1.54, 1.807) is 25.1 Å². The van der Waals surface area contributed by atoms with E-state index in [1.807, 2.05) is 0 Å². The monoisotopic (exact) mass is 302 g/mol. The summed E-state index contributed by atoms with van der Waals surface area (Å²) in [5.74, 6) is -0.272. The van der Waals surface area contributed by atoms with Crippen LogP contribution in [0.1, 0.15) is 23.7 Å². The number of carbonyl (C=O) groups excluding carboxylic acids is 3. The highest BCUT2D eigenvalue weighted by atomic mass is 16.5. The van der Waals surface area contributed by atoms with Crippen molar-refractivity contribution in [1.29, 1.82) is 0 Å². The fourth-order valence-corrected chi connectivity index (χ4v) is 2.23. The third kappa shape index (κ3) is 3.33. The number of likely N-dealkylation sites (N-methyl/N-ethyl adjacent to an activating group) is 1. The minimum atomic E-state index is -0.355. The maximum atomic E-state index is 12.1. The van der Waals surface area contributed by atoms with E-state index in [1.165, 1.54) is 11.0 Å². The van der Waals surface area contributed by atoms with Crippen molar-refractivity contribution in [2.45, 2.75) is 13.3 Å². The molecule has 6 nitrogen and oxygen atoms in total. The van der Waals surface area contributed by atoms with Crippen molar-refractivity contribution in [3.63, 3.8) is 0 Å². The number of rotatable bonds is 5. The Kier molecular flexibility index (Phi) is 4.93. The Morgan fingerprint density at radius 1 is 1.45 bits per heavy atom. The number of nitrogens with zero attached hydrogens (tertiary/aromatic N) is 1. The second-order valence-electron chi connectivity index (χ2n) is 4.81. The van der Waals surface area contributed by atoms with E-state index in [4.69, 9.17) is 4.74 Å². The number of ether oxygens (including phenoxy) is 1. The molecule has 0 aliphatic carbocycles. The average molecular weight is 302 g/mol. The summed E-state index contributed by atoms with van der Waals surface area (Å²) in [4.78, 5) is 36.8. The summed E-state index contributed by atoms with van der Waals surface area (Å²) in [5.41, 5.74) is 0.913. The number of benzene rings is 1. The number of amides is 2. The Balaban J connectivity index is 2.12. The van der Waals surface area contributed by atoms with Crippen LogP contribution in [0.3, 0.4) is 0 Å². The molecular weight excluding hydrogens is 284 g/mol. The smallest absolute Gasteiger partial charge is 0.246 e. The van der Waals surface area contributed by atoms with Gasteiger partial charge in [-0.05, 0) is 25.1 Å². The van der Waals surface area contributed by atoms with Gasteiger partial charge in [0.05, 0.1) is 17.9 Å². The lowest BCUT2D eigenvalue weighted by molar-refractivity contribution is -0.130. The fourth-order valence-electron chi connectivity index (χ4n) is 2.23. The predicted molar refractivity (Wildman–Crippen MR) is 82.0 cm³/mol. The Hall–Kier alpha value is -2.63. The van der Waals surface area contributed by atoms with E-state index in [0.29, 0.717) is 36.6 Å². The number of ketones is 1. The fraction of sp³-hybridized carbons (Fsp3) is 0.312. The molecule has 1 N–H and O–H groups in total. The zero-order valence-corrected chi connectivity index (χ0v) is 12.4. The molecular formula is C16H18N2O4. The molecule has 0 saturated carbocycles. The molecule has 0 spiro atoms. The third-order valence-corrected chi connectivity index (χ3v) is 3.37. The van der Waals surface area contributed by atoms with E-state index in [2.05, 4.69) is 11.9 Å². The van der Waals surface area contributed by atoms with Crippen LogP contribution in [0.15, 0.2) is 30.9 Å². The summed E-state index contributed by atoms with van der Waals surface area (Å²) in [5, 5.41) is 2.69. The molecule has 0 fully saturated rings. The number of fused-ring (bicyclic) bond motifs is 1. The van der Waals surface area contributed by atoms with Gasteiger partial charge < -0.3 is 15.0 Å². The summed E-state index contributed by atoms with van der Waals surface area (Å²) < 4.78 is 5.49. The first kappa shape index (κ1) is 15.8. The Labute approximate surface area is 128 Å². The number of hydrogen-bond acceptors (Lipinski definition) is 4. The highest BCUT2D eigenvalue weighted by Gasteiger charge is 2.22. The van der Waals surface area contributed by atoms with Gasteiger partial charge in [-0.3, -0.25) is 14.4 Å². The highest BCUT2D eigenvalue weighted by molar-refractivity contribution is 6.04. The summed E-state index contributed by atoms with van der Waals surface area (Å²) in [6.45, 7) is 5.80. The minimum absolute atomic E-state index is 0.00521. The van der Waals surface area contributed by atoms with E-state index >= 15 is 0 Å². The highest BCUT2D eigenvalue weighted by Crippen LogP contribution is 2.32. The van der Waals surface area contributed by atoms with Crippen LogP contribution < -0.4 is 10.1 Å². The molecule has 1 aromatic rings. The molecule has 0 unspecified atom stereocenters. The van der Waals surface area contributed by atoms with E-state index < -0.39 is 0 Å². The summed E-state index contributed by atoms with van der Waals surface area (Å²) in [7, 11) is 0. The predicted octanol–water partition coefficient (Wildman–Crippen LogP) is 1.62. The molecule has 1 aromatic carbocycles. The van der Waals surface area contributed by atoms with Gasteiger partial charge in [-0.25, -0.2) is 0 Å². The molecule has 1 aliphatic rings. The lowest BCUT2D eigenvalue weighted by atomic mass is 10.0. The molecule has 1 heterocycles. The van der Waals surface area contributed by atoms with Crippen LogP contribution in [0.4, 0.5) is 5.69 Å². The largest absolute Gasteiger partial charge is 0.490 e. The first-order valence-corrected chi connectivity index (χ1v) is 7.07. The van der Waals surface area contributed by atoms with Gasteiger partial charge in [0, 0.05) is 13.0 Å². The van der Waals surface area contributed by atoms with Crippen LogP contribution in [-0.2, 0) is 9.59 Å². The van der Waals surface area contributed by atoms with Crippen molar-refractivity contribution in [3.05, 3.63) is 36.4 Å². The van der Waals surface area contributed by atoms with Gasteiger partial charge in [0.15, 0.2) is 11.5 Å². The Bertz CT molecular complexity index is 625. The zero-order chi connectivity index (χ0) is 16.1. The van der Waals surface area contributed by atoms with Crippen molar-refractivity contribution >= 4 is 23.3 Å². The van der Waals surface area contributed by atoms with E-state index in [-0.39, 0.29) is 24.1 Å². The number of Topliss-reactive ketones (excluding diaryl/α,β-unsaturated/α-hetero) is 1. The SMILES string of the molecule is C=CC(=O)N(CC)CC(=O)Nc1cccc2c1OCCC2=O. The van der Waals surface area contributed by atoms with Gasteiger partial charge in [0.2, 0.25) is 11.8 Å². The standard InChI is InChI=1S/C16H18N2O4/c1-3-15(21)18(4-2)10-14(20)17-12-7-5-6-11-13(19)8-9-22-16(11)12/h3,5-7H,1,4,8-10H2,2H3,(H,17,20). The number of nitrogens with one attached hydrogen (secondary N) is 1. The maximum Gasteiger partial charge on any atom is 0.246 e. The van der Waals surface area contributed by atoms with Gasteiger partial charge in [0.1, 0.15) is 6.54 Å².